The van der Waals surface area contributed by atoms with Crippen molar-refractivity contribution in [2.75, 3.05) is 13.2 Å². The molecule has 0 spiro atoms. The summed E-state index contributed by atoms with van der Waals surface area (Å²) in [6.45, 7) is 5.90. The van der Waals surface area contributed by atoms with E-state index in [1.807, 2.05) is 67.6 Å². The standard InChI is InChI=1S/C28H25N3O2S/c1-3-33-16-15-31-25-14-13-19(2)17-26(25)34-28(31)30-27(32)22-18-24(20-9-5-4-6-10-20)29-23-12-8-7-11-21(22)23/h4-14,17-18H,3,15-16H2,1-2H3. The van der Waals surface area contributed by atoms with Crippen LogP contribution in [0.5, 0.6) is 0 Å². The number of thiazole rings is 1. The molecule has 0 N–H and O–H groups in total. The number of amides is 1. The molecule has 0 radical (unpaired) electrons. The minimum absolute atomic E-state index is 0.274. The van der Waals surface area contributed by atoms with Crippen molar-refractivity contribution in [2.24, 2.45) is 4.99 Å². The lowest BCUT2D eigenvalue weighted by molar-refractivity contribution is 0.0998. The van der Waals surface area contributed by atoms with Gasteiger partial charge in [-0.2, -0.15) is 4.99 Å². The Hall–Kier alpha value is -3.61. The highest BCUT2D eigenvalue weighted by Gasteiger charge is 2.15. The third-order valence-corrected chi connectivity index (χ3v) is 6.76. The number of hydrogen-bond acceptors (Lipinski definition) is 4. The fraction of sp³-hybridized carbons (Fsp3) is 0.179. The first-order chi connectivity index (χ1) is 16.6. The molecule has 5 aromatic rings. The van der Waals surface area contributed by atoms with E-state index >= 15 is 0 Å². The van der Waals surface area contributed by atoms with Crippen LogP contribution in [0.3, 0.4) is 0 Å². The van der Waals surface area contributed by atoms with Gasteiger partial charge in [-0.05, 0) is 43.7 Å². The molecule has 3 aromatic carbocycles. The van der Waals surface area contributed by atoms with E-state index in [4.69, 9.17) is 9.72 Å². The number of carbonyl (C=O) groups excluding carboxylic acids is 1. The minimum Gasteiger partial charge on any atom is -0.380 e. The van der Waals surface area contributed by atoms with Gasteiger partial charge in [-0.1, -0.05) is 65.9 Å². The van der Waals surface area contributed by atoms with Crippen LogP contribution in [0.2, 0.25) is 0 Å². The second-order valence-electron chi connectivity index (χ2n) is 8.06. The number of benzene rings is 3. The molecule has 0 saturated heterocycles. The normalized spacial score (nSPS) is 12.0. The quantitative estimate of drug-likeness (QED) is 0.288. The van der Waals surface area contributed by atoms with Gasteiger partial charge < -0.3 is 9.30 Å². The molecule has 0 atom stereocenters. The summed E-state index contributed by atoms with van der Waals surface area (Å²) in [5, 5.41) is 0.800. The maximum absolute atomic E-state index is 13.6. The van der Waals surface area contributed by atoms with Crippen molar-refractivity contribution in [1.29, 1.82) is 0 Å². The molecule has 34 heavy (non-hydrogen) atoms. The molecule has 2 aromatic heterocycles. The summed E-state index contributed by atoms with van der Waals surface area (Å²) in [5.74, 6) is -0.274. The summed E-state index contributed by atoms with van der Waals surface area (Å²) >= 11 is 1.53. The number of fused-ring (bicyclic) bond motifs is 2. The van der Waals surface area contributed by atoms with Gasteiger partial charge in [0, 0.05) is 24.1 Å². The lowest BCUT2D eigenvalue weighted by Gasteiger charge is -2.08. The largest absolute Gasteiger partial charge is 0.380 e. The first kappa shape index (κ1) is 22.2. The van der Waals surface area contributed by atoms with Crippen LogP contribution in [0.15, 0.2) is 83.9 Å². The Balaban J connectivity index is 1.66. The number of aryl methyl sites for hydroxylation is 1. The summed E-state index contributed by atoms with van der Waals surface area (Å²) in [6.07, 6.45) is 0. The number of ether oxygens (including phenoxy) is 1. The van der Waals surface area contributed by atoms with Gasteiger partial charge in [0.15, 0.2) is 4.80 Å². The summed E-state index contributed by atoms with van der Waals surface area (Å²) in [7, 11) is 0. The molecular formula is C28H25N3O2S. The van der Waals surface area contributed by atoms with Crippen LogP contribution in [0.1, 0.15) is 22.8 Å². The second kappa shape index (κ2) is 9.71. The Labute approximate surface area is 202 Å². The van der Waals surface area contributed by atoms with Crippen molar-refractivity contribution in [3.8, 4) is 11.3 Å². The Bertz CT molecular complexity index is 1550. The van der Waals surface area contributed by atoms with Crippen molar-refractivity contribution < 1.29 is 9.53 Å². The molecule has 0 saturated carbocycles. The topological polar surface area (TPSA) is 56.5 Å². The number of carbonyl (C=O) groups is 1. The monoisotopic (exact) mass is 467 g/mol. The number of aromatic nitrogens is 2. The number of hydrogen-bond donors (Lipinski definition) is 0. The van der Waals surface area contributed by atoms with E-state index in [9.17, 15) is 4.79 Å². The first-order valence-electron chi connectivity index (χ1n) is 11.4. The van der Waals surface area contributed by atoms with Gasteiger partial charge in [0.2, 0.25) is 0 Å². The molecule has 0 aliphatic rings. The number of pyridine rings is 1. The van der Waals surface area contributed by atoms with Gasteiger partial charge in [-0.25, -0.2) is 4.98 Å². The Morgan fingerprint density at radius 2 is 1.82 bits per heavy atom. The third kappa shape index (κ3) is 4.42. The minimum atomic E-state index is -0.274. The molecule has 5 nitrogen and oxygen atoms in total. The Morgan fingerprint density at radius 1 is 1.03 bits per heavy atom. The van der Waals surface area contributed by atoms with Gasteiger partial charge >= 0.3 is 0 Å². The maximum atomic E-state index is 13.6. The van der Waals surface area contributed by atoms with Crippen LogP contribution < -0.4 is 4.80 Å². The molecule has 0 aliphatic carbocycles. The average molecular weight is 468 g/mol. The van der Waals surface area contributed by atoms with Crippen LogP contribution in [-0.2, 0) is 11.3 Å². The molecule has 1 amide bonds. The molecule has 0 bridgehead atoms. The van der Waals surface area contributed by atoms with Crippen molar-refractivity contribution in [3.05, 3.63) is 94.8 Å². The van der Waals surface area contributed by atoms with E-state index in [1.54, 1.807) is 0 Å². The highest BCUT2D eigenvalue weighted by molar-refractivity contribution is 7.16. The Morgan fingerprint density at radius 3 is 2.65 bits per heavy atom. The molecule has 0 fully saturated rings. The van der Waals surface area contributed by atoms with E-state index in [-0.39, 0.29) is 5.91 Å². The van der Waals surface area contributed by atoms with Crippen LogP contribution >= 0.6 is 11.3 Å². The fourth-order valence-electron chi connectivity index (χ4n) is 4.04. The van der Waals surface area contributed by atoms with Crippen LogP contribution in [-0.4, -0.2) is 28.7 Å². The van der Waals surface area contributed by atoms with E-state index in [1.165, 1.54) is 16.9 Å². The predicted molar refractivity (Wildman–Crippen MR) is 138 cm³/mol. The zero-order valence-corrected chi connectivity index (χ0v) is 20.0. The van der Waals surface area contributed by atoms with Gasteiger partial charge in [-0.3, -0.25) is 4.79 Å². The number of nitrogens with zero attached hydrogens (tertiary/aromatic N) is 3. The average Bonchev–Trinajstić information content (AvgIpc) is 3.19. The molecule has 6 heteroatoms. The summed E-state index contributed by atoms with van der Waals surface area (Å²) in [4.78, 5) is 23.7. The van der Waals surface area contributed by atoms with E-state index in [2.05, 4.69) is 34.7 Å². The molecule has 5 rings (SSSR count). The zero-order chi connectivity index (χ0) is 23.5. The summed E-state index contributed by atoms with van der Waals surface area (Å²) in [6, 6.07) is 25.8. The van der Waals surface area contributed by atoms with Gasteiger partial charge in [0.25, 0.3) is 5.91 Å². The van der Waals surface area contributed by atoms with Crippen LogP contribution in [0.25, 0.3) is 32.4 Å². The van der Waals surface area contributed by atoms with Crippen molar-refractivity contribution in [2.45, 2.75) is 20.4 Å². The summed E-state index contributed by atoms with van der Waals surface area (Å²) in [5.41, 5.74) is 5.29. The van der Waals surface area contributed by atoms with Gasteiger partial charge in [-0.15, -0.1) is 0 Å². The lowest BCUT2D eigenvalue weighted by atomic mass is 10.0. The predicted octanol–water partition coefficient (Wildman–Crippen LogP) is 6.00. The van der Waals surface area contributed by atoms with Gasteiger partial charge in [0.05, 0.1) is 33.6 Å². The van der Waals surface area contributed by atoms with Crippen LogP contribution in [0, 0.1) is 6.92 Å². The molecule has 0 aliphatic heterocycles. The third-order valence-electron chi connectivity index (χ3n) is 5.71. The van der Waals surface area contributed by atoms with Crippen molar-refractivity contribution >= 4 is 38.4 Å². The lowest BCUT2D eigenvalue weighted by Crippen LogP contribution is -2.20. The van der Waals surface area contributed by atoms with E-state index < -0.39 is 0 Å². The fourth-order valence-corrected chi connectivity index (χ4v) is 5.19. The van der Waals surface area contributed by atoms with Gasteiger partial charge in [0.1, 0.15) is 0 Å². The zero-order valence-electron chi connectivity index (χ0n) is 19.2. The molecular weight excluding hydrogens is 442 g/mol. The molecule has 0 unspecified atom stereocenters. The Kier molecular flexibility index (Phi) is 6.34. The smallest absolute Gasteiger partial charge is 0.280 e. The van der Waals surface area contributed by atoms with E-state index in [0.29, 0.717) is 30.1 Å². The van der Waals surface area contributed by atoms with E-state index in [0.717, 1.165) is 32.4 Å². The SMILES string of the molecule is CCOCCn1c(=NC(=O)c2cc(-c3ccccc3)nc3ccccc23)sc2cc(C)ccc21. The molecule has 2 heterocycles. The van der Waals surface area contributed by atoms with Crippen LogP contribution in [0.4, 0.5) is 0 Å². The highest BCUT2D eigenvalue weighted by Crippen LogP contribution is 2.26. The first-order valence-corrected chi connectivity index (χ1v) is 12.2. The second-order valence-corrected chi connectivity index (χ2v) is 9.07. The number of rotatable bonds is 6. The van der Waals surface area contributed by atoms with Crippen molar-refractivity contribution in [1.82, 2.24) is 9.55 Å². The number of para-hydroxylation sites is 1. The molecule has 170 valence electrons. The summed E-state index contributed by atoms with van der Waals surface area (Å²) < 4.78 is 8.78. The van der Waals surface area contributed by atoms with Crippen molar-refractivity contribution in [3.63, 3.8) is 0 Å². The highest BCUT2D eigenvalue weighted by atomic mass is 32.1. The maximum Gasteiger partial charge on any atom is 0.280 e.